The minimum atomic E-state index is -0.202. The van der Waals surface area contributed by atoms with E-state index in [1.165, 1.54) is 0 Å². The molecule has 60 valence electrons. The lowest BCUT2D eigenvalue weighted by molar-refractivity contribution is 0.0630. The molecular weight excluding hydrogens is 128 g/mol. The van der Waals surface area contributed by atoms with Crippen LogP contribution in [0.1, 0.15) is 19.8 Å². The highest BCUT2D eigenvalue weighted by molar-refractivity contribution is 4.72. The summed E-state index contributed by atoms with van der Waals surface area (Å²) in [6, 6.07) is 0. The fraction of sp³-hybridized carbons (Fsp3) is 1.00. The van der Waals surface area contributed by atoms with Gasteiger partial charge >= 0.3 is 0 Å². The third kappa shape index (κ3) is 1.94. The second-order valence-electron chi connectivity index (χ2n) is 3.14. The average Bonchev–Trinajstić information content (AvgIpc) is 1.88. The molecule has 0 aromatic heterocycles. The Morgan fingerprint density at radius 1 is 1.70 bits per heavy atom. The fourth-order valence-corrected chi connectivity index (χ4v) is 1.43. The summed E-state index contributed by atoms with van der Waals surface area (Å²) >= 11 is 0. The maximum atomic E-state index is 9.21. The predicted molar refractivity (Wildman–Crippen MR) is 40.2 cm³/mol. The lowest BCUT2D eigenvalue weighted by Gasteiger charge is -2.30. The van der Waals surface area contributed by atoms with E-state index in [2.05, 4.69) is 0 Å². The monoisotopic (exact) mass is 144 g/mol. The van der Waals surface area contributed by atoms with E-state index in [-0.39, 0.29) is 6.10 Å². The maximum absolute atomic E-state index is 9.21. The van der Waals surface area contributed by atoms with Crippen LogP contribution in [0.4, 0.5) is 0 Å². The van der Waals surface area contributed by atoms with E-state index in [1.807, 2.05) is 6.92 Å². The van der Waals surface area contributed by atoms with Crippen LogP contribution in [0.5, 0.6) is 0 Å². The summed E-state index contributed by atoms with van der Waals surface area (Å²) in [7, 11) is 0. The van der Waals surface area contributed by atoms with Crippen LogP contribution in [0.3, 0.4) is 0 Å². The first-order valence-corrected chi connectivity index (χ1v) is 3.88. The Hall–Kier alpha value is -0.120. The molecule has 1 saturated heterocycles. The van der Waals surface area contributed by atoms with Crippen molar-refractivity contribution in [2.24, 2.45) is 11.8 Å². The first-order valence-electron chi connectivity index (χ1n) is 3.88. The highest BCUT2D eigenvalue weighted by atomic mass is 16.3. The molecule has 0 amide bonds. The van der Waals surface area contributed by atoms with Crippen LogP contribution in [-0.4, -0.2) is 29.3 Å². The van der Waals surface area contributed by atoms with Gasteiger partial charge in [0.2, 0.25) is 0 Å². The van der Waals surface area contributed by atoms with Gasteiger partial charge in [-0.2, -0.15) is 0 Å². The van der Waals surface area contributed by atoms with Crippen molar-refractivity contribution in [2.45, 2.75) is 25.9 Å². The zero-order chi connectivity index (χ0) is 7.56. The molecule has 1 aliphatic heterocycles. The summed E-state index contributed by atoms with van der Waals surface area (Å²) in [5, 5.41) is 11.0. The minimum absolute atomic E-state index is 0.202. The number of rotatable bonds is 1. The van der Waals surface area contributed by atoms with Crippen LogP contribution < -0.4 is 5.84 Å². The third-order valence-corrected chi connectivity index (χ3v) is 2.17. The average molecular weight is 144 g/mol. The highest BCUT2D eigenvalue weighted by Crippen LogP contribution is 2.16. The number of aliphatic hydroxyl groups is 1. The van der Waals surface area contributed by atoms with Gasteiger partial charge < -0.3 is 5.11 Å². The summed E-state index contributed by atoms with van der Waals surface area (Å²) in [5.41, 5.74) is 0. The van der Waals surface area contributed by atoms with Crippen molar-refractivity contribution in [1.29, 1.82) is 0 Å². The van der Waals surface area contributed by atoms with Gasteiger partial charge in [-0.15, -0.1) is 0 Å². The van der Waals surface area contributed by atoms with E-state index in [0.29, 0.717) is 5.92 Å². The highest BCUT2D eigenvalue weighted by Gasteiger charge is 2.20. The van der Waals surface area contributed by atoms with Gasteiger partial charge in [0.05, 0.1) is 6.10 Å². The molecule has 1 rings (SSSR count). The van der Waals surface area contributed by atoms with Crippen molar-refractivity contribution in [2.75, 3.05) is 13.1 Å². The first kappa shape index (κ1) is 7.98. The quantitative estimate of drug-likeness (QED) is 0.507. The van der Waals surface area contributed by atoms with Crippen molar-refractivity contribution in [3.8, 4) is 0 Å². The van der Waals surface area contributed by atoms with Crippen LogP contribution in [-0.2, 0) is 0 Å². The summed E-state index contributed by atoms with van der Waals surface area (Å²) in [4.78, 5) is 0. The number of hydrogen-bond acceptors (Lipinski definition) is 3. The molecule has 0 aromatic carbocycles. The van der Waals surface area contributed by atoms with E-state index in [9.17, 15) is 5.11 Å². The Morgan fingerprint density at radius 3 is 2.80 bits per heavy atom. The lowest BCUT2D eigenvalue weighted by atomic mass is 9.94. The largest absolute Gasteiger partial charge is 0.393 e. The van der Waals surface area contributed by atoms with Crippen LogP contribution in [0.15, 0.2) is 0 Å². The van der Waals surface area contributed by atoms with E-state index in [1.54, 1.807) is 5.01 Å². The maximum Gasteiger partial charge on any atom is 0.0553 e. The molecule has 0 aromatic rings. The van der Waals surface area contributed by atoms with Crippen molar-refractivity contribution in [3.63, 3.8) is 0 Å². The minimum Gasteiger partial charge on any atom is -0.393 e. The van der Waals surface area contributed by atoms with Gasteiger partial charge in [-0.3, -0.25) is 5.84 Å². The zero-order valence-corrected chi connectivity index (χ0v) is 6.45. The second kappa shape index (κ2) is 3.32. The SMILES string of the molecule is C[C@@H](O)[C@@H]1CCCN(N)C1. The Balaban J connectivity index is 2.32. The summed E-state index contributed by atoms with van der Waals surface area (Å²) < 4.78 is 0. The molecule has 3 nitrogen and oxygen atoms in total. The predicted octanol–water partition coefficient (Wildman–Crippen LogP) is -0.0471. The van der Waals surface area contributed by atoms with Gasteiger partial charge in [0.15, 0.2) is 0 Å². The summed E-state index contributed by atoms with van der Waals surface area (Å²) in [6.45, 7) is 3.66. The van der Waals surface area contributed by atoms with Crippen molar-refractivity contribution in [1.82, 2.24) is 5.01 Å². The Bertz CT molecular complexity index is 106. The van der Waals surface area contributed by atoms with E-state index >= 15 is 0 Å². The Labute approximate surface area is 61.8 Å². The van der Waals surface area contributed by atoms with Gasteiger partial charge in [-0.1, -0.05) is 0 Å². The number of hydrogen-bond donors (Lipinski definition) is 2. The van der Waals surface area contributed by atoms with Crippen LogP contribution in [0, 0.1) is 5.92 Å². The van der Waals surface area contributed by atoms with Gasteiger partial charge in [0.1, 0.15) is 0 Å². The molecule has 0 radical (unpaired) electrons. The van der Waals surface area contributed by atoms with Gasteiger partial charge in [0, 0.05) is 13.1 Å². The van der Waals surface area contributed by atoms with Crippen LogP contribution in [0.2, 0.25) is 0 Å². The molecule has 3 heteroatoms. The van der Waals surface area contributed by atoms with E-state index in [0.717, 1.165) is 25.9 Å². The summed E-state index contributed by atoms with van der Waals surface area (Å²) in [6.07, 6.45) is 2.03. The van der Waals surface area contributed by atoms with Gasteiger partial charge in [-0.05, 0) is 25.7 Å². The molecule has 0 unspecified atom stereocenters. The fourth-order valence-electron chi connectivity index (χ4n) is 1.43. The number of nitrogens with two attached hydrogens (primary N) is 1. The molecule has 10 heavy (non-hydrogen) atoms. The van der Waals surface area contributed by atoms with E-state index < -0.39 is 0 Å². The molecule has 1 aliphatic rings. The van der Waals surface area contributed by atoms with Gasteiger partial charge in [0.25, 0.3) is 0 Å². The first-order chi connectivity index (χ1) is 4.70. The number of piperidine rings is 1. The molecule has 3 N–H and O–H groups in total. The molecule has 1 fully saturated rings. The molecule has 2 atom stereocenters. The molecule has 0 spiro atoms. The molecular formula is C7H16N2O. The van der Waals surface area contributed by atoms with Crippen LogP contribution in [0.25, 0.3) is 0 Å². The van der Waals surface area contributed by atoms with Crippen molar-refractivity contribution < 1.29 is 5.11 Å². The number of nitrogens with zero attached hydrogens (tertiary/aromatic N) is 1. The number of aliphatic hydroxyl groups excluding tert-OH is 1. The molecule has 0 aliphatic carbocycles. The van der Waals surface area contributed by atoms with Crippen molar-refractivity contribution in [3.05, 3.63) is 0 Å². The third-order valence-electron chi connectivity index (χ3n) is 2.17. The Kier molecular flexibility index (Phi) is 2.65. The molecule has 1 heterocycles. The van der Waals surface area contributed by atoms with Crippen LogP contribution >= 0.6 is 0 Å². The molecule has 0 saturated carbocycles. The summed E-state index contributed by atoms with van der Waals surface area (Å²) in [5.74, 6) is 5.97. The smallest absolute Gasteiger partial charge is 0.0553 e. The normalized spacial score (nSPS) is 32.1. The standard InChI is InChI=1S/C7H16N2O/c1-6(10)7-3-2-4-9(8)5-7/h6-7,10H,2-5,8H2,1H3/t6-,7-/m1/s1. The van der Waals surface area contributed by atoms with E-state index in [4.69, 9.17) is 5.84 Å². The topological polar surface area (TPSA) is 49.5 Å². The number of hydrazine groups is 1. The lowest BCUT2D eigenvalue weighted by Crippen LogP contribution is -2.43. The molecule has 0 bridgehead atoms. The zero-order valence-electron chi connectivity index (χ0n) is 6.45. The Morgan fingerprint density at radius 2 is 2.40 bits per heavy atom. The second-order valence-corrected chi connectivity index (χ2v) is 3.14. The van der Waals surface area contributed by atoms with Crippen molar-refractivity contribution >= 4 is 0 Å². The van der Waals surface area contributed by atoms with Gasteiger partial charge in [-0.25, -0.2) is 5.01 Å².